The molecule has 16 heteroatoms. The second-order valence-electron chi connectivity index (χ2n) is 7.67. The van der Waals surface area contributed by atoms with E-state index in [-0.39, 0.29) is 21.3 Å². The van der Waals surface area contributed by atoms with Gasteiger partial charge in [-0.25, -0.2) is 22.2 Å². The number of nitrogens with zero attached hydrogens (tertiary/aromatic N) is 3. The maximum absolute atomic E-state index is 12.9. The molecule has 0 spiro atoms. The van der Waals surface area contributed by atoms with Gasteiger partial charge in [0.15, 0.2) is 10.4 Å². The van der Waals surface area contributed by atoms with Crippen LogP contribution in [0, 0.1) is 4.77 Å². The molecule has 0 fully saturated rings. The van der Waals surface area contributed by atoms with E-state index in [0.29, 0.717) is 29.9 Å². The number of imidazole rings is 1. The monoisotopic (exact) mass is 558 g/mol. The summed E-state index contributed by atoms with van der Waals surface area (Å²) in [5.41, 5.74) is 1.14. The Morgan fingerprint density at radius 2 is 1.86 bits per heavy atom. The van der Waals surface area contributed by atoms with E-state index in [1.165, 1.54) is 16.5 Å². The largest absolute Gasteiger partial charge is 0.490 e. The molecule has 0 saturated heterocycles. The van der Waals surface area contributed by atoms with E-state index in [4.69, 9.17) is 22.1 Å². The third-order valence-electron chi connectivity index (χ3n) is 4.99. The van der Waals surface area contributed by atoms with Crippen molar-refractivity contribution in [2.75, 3.05) is 0 Å². The Labute approximate surface area is 212 Å². The first kappa shape index (κ1) is 27.8. The van der Waals surface area contributed by atoms with Crippen LogP contribution in [0.15, 0.2) is 64.7 Å². The maximum Gasteiger partial charge on any atom is 0.490 e. The van der Waals surface area contributed by atoms with Gasteiger partial charge in [0.2, 0.25) is 0 Å². The van der Waals surface area contributed by atoms with Gasteiger partial charge in [0, 0.05) is 31.0 Å². The predicted molar refractivity (Wildman–Crippen MR) is 129 cm³/mol. The van der Waals surface area contributed by atoms with Crippen molar-refractivity contribution in [3.05, 3.63) is 75.8 Å². The molecule has 0 aliphatic heterocycles. The Bertz CT molecular complexity index is 1610. The third-order valence-corrected chi connectivity index (χ3v) is 7.06. The molecule has 4 rings (SSSR count). The van der Waals surface area contributed by atoms with E-state index >= 15 is 0 Å². The maximum atomic E-state index is 12.9. The zero-order valence-corrected chi connectivity index (χ0v) is 20.7. The van der Waals surface area contributed by atoms with Crippen LogP contribution in [-0.2, 0) is 27.9 Å². The van der Waals surface area contributed by atoms with Gasteiger partial charge in [-0.15, -0.1) is 0 Å². The van der Waals surface area contributed by atoms with Gasteiger partial charge in [-0.3, -0.25) is 14.3 Å². The highest BCUT2D eigenvalue weighted by Gasteiger charge is 2.38. The number of alkyl halides is 3. The van der Waals surface area contributed by atoms with Gasteiger partial charge in [0.25, 0.3) is 15.6 Å². The van der Waals surface area contributed by atoms with Gasteiger partial charge in [0.05, 0.1) is 11.2 Å². The third kappa shape index (κ3) is 6.52. The zero-order chi connectivity index (χ0) is 27.4. The molecule has 1 aromatic carbocycles. The Morgan fingerprint density at radius 1 is 1.22 bits per heavy atom. The number of nitrogens with one attached hydrogen (secondary N) is 3. The van der Waals surface area contributed by atoms with E-state index in [1.54, 1.807) is 47.0 Å². The van der Waals surface area contributed by atoms with E-state index in [1.807, 2.05) is 6.92 Å². The molecule has 198 valence electrons. The summed E-state index contributed by atoms with van der Waals surface area (Å²) < 4.78 is 60.9. The fraction of sp³-hybridized carbons (Fsp3) is 0.238. The molecule has 4 N–H and O–H groups in total. The average Bonchev–Trinajstić information content (AvgIpc) is 3.51. The van der Waals surface area contributed by atoms with Crippen molar-refractivity contribution in [3.63, 3.8) is 0 Å². The van der Waals surface area contributed by atoms with Crippen molar-refractivity contribution >= 4 is 39.4 Å². The zero-order valence-electron chi connectivity index (χ0n) is 19.1. The first-order valence-corrected chi connectivity index (χ1v) is 12.3. The molecule has 3 aromatic heterocycles. The number of carboxylic acids is 1. The van der Waals surface area contributed by atoms with Crippen LogP contribution in [0.2, 0.25) is 0 Å². The summed E-state index contributed by atoms with van der Waals surface area (Å²) in [6.07, 6.45) is -2.10. The number of halogens is 3. The first-order valence-electron chi connectivity index (χ1n) is 10.5. The lowest BCUT2D eigenvalue weighted by Gasteiger charge is -2.17. The second-order valence-corrected chi connectivity index (χ2v) is 9.87. The molecule has 11 nitrogen and oxygen atoms in total. The van der Waals surface area contributed by atoms with Crippen LogP contribution in [0.4, 0.5) is 13.2 Å². The van der Waals surface area contributed by atoms with Crippen molar-refractivity contribution in [2.45, 2.75) is 37.1 Å². The normalized spacial score (nSPS) is 12.6. The van der Waals surface area contributed by atoms with Crippen molar-refractivity contribution in [1.82, 2.24) is 28.8 Å². The number of hydrogen-bond acceptors (Lipinski definition) is 7. The molecule has 0 aliphatic rings. The van der Waals surface area contributed by atoms with Gasteiger partial charge in [-0.2, -0.15) is 13.2 Å². The summed E-state index contributed by atoms with van der Waals surface area (Å²) in [5.74, 6) is -2.76. The lowest BCUT2D eigenvalue weighted by atomic mass is 10.3. The van der Waals surface area contributed by atoms with E-state index < -0.39 is 22.2 Å². The molecule has 37 heavy (non-hydrogen) atoms. The highest BCUT2D eigenvalue weighted by molar-refractivity contribution is 7.90. The summed E-state index contributed by atoms with van der Waals surface area (Å²) >= 11 is 5.28. The predicted octanol–water partition coefficient (Wildman–Crippen LogP) is 2.63. The van der Waals surface area contributed by atoms with E-state index in [0.717, 1.165) is 0 Å². The molecule has 3 heterocycles. The van der Waals surface area contributed by atoms with Crippen molar-refractivity contribution in [1.29, 1.82) is 0 Å². The minimum atomic E-state index is -5.08. The standard InChI is InChI=1S/C19H20N6O3S2.C2HF3O2/c1-13(11-24-17-16(21-12-22-17)18(26)23-19(24)29)20-10-14-6-5-9-25(14)30(27,28)15-7-3-2-4-8-15;3-2(4,5)1(6)7/h2-9,12-13,20H,10-11H2,1H3,(H,21,22)(H,23,26,29);(H,6,7). The average molecular weight is 559 g/mol. The summed E-state index contributed by atoms with van der Waals surface area (Å²) in [7, 11) is -3.66. The Kier molecular flexibility index (Phi) is 8.35. The number of aliphatic carboxylic acids is 1. The quantitative estimate of drug-likeness (QED) is 0.253. The number of H-pyrrole nitrogens is 2. The molecule has 0 saturated carbocycles. The summed E-state index contributed by atoms with van der Waals surface area (Å²) in [6.45, 7) is 2.73. The molecule has 0 amide bonds. The van der Waals surface area contributed by atoms with Gasteiger partial charge >= 0.3 is 12.1 Å². The smallest absolute Gasteiger partial charge is 0.475 e. The van der Waals surface area contributed by atoms with Crippen LogP contribution in [0.1, 0.15) is 12.6 Å². The summed E-state index contributed by atoms with van der Waals surface area (Å²) in [4.78, 5) is 30.7. The van der Waals surface area contributed by atoms with E-state index in [2.05, 4.69) is 20.3 Å². The lowest BCUT2D eigenvalue weighted by molar-refractivity contribution is -0.192. The molecule has 0 aliphatic carbocycles. The summed E-state index contributed by atoms with van der Waals surface area (Å²) in [5, 5.41) is 10.4. The molecule has 4 aromatic rings. The molecule has 0 radical (unpaired) electrons. The number of fused-ring (bicyclic) bond motifs is 1. The van der Waals surface area contributed by atoms with Gasteiger partial charge < -0.3 is 15.4 Å². The fourth-order valence-electron chi connectivity index (χ4n) is 3.25. The van der Waals surface area contributed by atoms with Gasteiger partial charge in [-0.05, 0) is 43.4 Å². The van der Waals surface area contributed by atoms with Crippen molar-refractivity contribution in [2.24, 2.45) is 0 Å². The molecule has 1 atom stereocenters. The highest BCUT2D eigenvalue weighted by atomic mass is 32.2. The van der Waals surface area contributed by atoms with Crippen LogP contribution in [0.3, 0.4) is 0 Å². The van der Waals surface area contributed by atoms with E-state index in [9.17, 15) is 26.4 Å². The van der Waals surface area contributed by atoms with Gasteiger partial charge in [-0.1, -0.05) is 18.2 Å². The Balaban J connectivity index is 0.000000479. The number of rotatable bonds is 7. The van der Waals surface area contributed by atoms with Gasteiger partial charge in [0.1, 0.15) is 5.52 Å². The summed E-state index contributed by atoms with van der Waals surface area (Å²) in [6, 6.07) is 11.7. The number of aromatic nitrogens is 5. The number of benzene rings is 1. The van der Waals surface area contributed by atoms with Crippen LogP contribution >= 0.6 is 12.2 Å². The van der Waals surface area contributed by atoms with Crippen molar-refractivity contribution < 1.29 is 31.5 Å². The van der Waals surface area contributed by atoms with Crippen LogP contribution in [0.5, 0.6) is 0 Å². The van der Waals surface area contributed by atoms with Crippen molar-refractivity contribution in [3.8, 4) is 0 Å². The molecular weight excluding hydrogens is 537 g/mol. The number of hydrogen-bond donors (Lipinski definition) is 4. The number of carboxylic acid groups (broad SMARTS) is 1. The second kappa shape index (κ2) is 11.1. The van der Waals surface area contributed by atoms with Crippen LogP contribution in [-0.4, -0.2) is 55.2 Å². The topological polar surface area (TPSA) is 155 Å². The van der Waals surface area contributed by atoms with Crippen LogP contribution in [0.25, 0.3) is 11.2 Å². The number of carbonyl (C=O) groups is 1. The highest BCUT2D eigenvalue weighted by Crippen LogP contribution is 2.17. The minimum absolute atomic E-state index is 0.0784. The Morgan fingerprint density at radius 3 is 2.49 bits per heavy atom. The lowest BCUT2D eigenvalue weighted by Crippen LogP contribution is -2.32. The first-order chi connectivity index (χ1) is 17.3. The molecular formula is C21H21F3N6O5S2. The molecule has 0 bridgehead atoms. The van der Waals surface area contributed by atoms with Crippen LogP contribution < -0.4 is 10.9 Å². The Hall–Kier alpha value is -3.76. The minimum Gasteiger partial charge on any atom is -0.475 e. The SMILES string of the molecule is CC(Cn1c(=S)[nH]c(=O)c2[nH]cnc21)NCc1cccn1S(=O)(=O)c1ccccc1.O=C(O)C(F)(F)F. The number of aromatic amines is 2. The molecule has 1 unspecified atom stereocenters. The fourth-order valence-corrected chi connectivity index (χ4v) is 4.89.